The summed E-state index contributed by atoms with van der Waals surface area (Å²) in [7, 11) is -4.14. The first-order chi connectivity index (χ1) is 15.6. The van der Waals surface area contributed by atoms with Gasteiger partial charge in [0.15, 0.2) is 0 Å². The summed E-state index contributed by atoms with van der Waals surface area (Å²) in [5, 5.41) is 2.86. The summed E-state index contributed by atoms with van der Waals surface area (Å²) in [6.07, 6.45) is 0.725. The Labute approximate surface area is 194 Å². The van der Waals surface area contributed by atoms with Gasteiger partial charge in [0.05, 0.1) is 5.56 Å². The molecule has 0 bridgehead atoms. The highest BCUT2D eigenvalue weighted by Crippen LogP contribution is 2.30. The Morgan fingerprint density at radius 3 is 2.30 bits per heavy atom. The van der Waals surface area contributed by atoms with E-state index in [1.165, 1.54) is 23.1 Å². The van der Waals surface area contributed by atoms with Crippen LogP contribution in [0.25, 0.3) is 0 Å². The highest BCUT2D eigenvalue weighted by Gasteiger charge is 2.43. The van der Waals surface area contributed by atoms with Crippen molar-refractivity contribution >= 4 is 27.7 Å². The number of benzene rings is 2. The smallest absolute Gasteiger partial charge is 0.269 e. The van der Waals surface area contributed by atoms with Crippen LogP contribution in [0.2, 0.25) is 0 Å². The molecule has 3 amide bonds. The molecule has 33 heavy (non-hydrogen) atoms. The Balaban J connectivity index is 1.88. The van der Waals surface area contributed by atoms with Crippen LogP contribution in [0, 0.1) is 6.92 Å². The van der Waals surface area contributed by atoms with E-state index in [2.05, 4.69) is 5.32 Å². The van der Waals surface area contributed by atoms with E-state index in [1.807, 2.05) is 45.0 Å². The largest absolute Gasteiger partial charge is 0.352 e. The molecule has 0 saturated carbocycles. The Hall–Kier alpha value is -3.20. The van der Waals surface area contributed by atoms with Crippen LogP contribution < -0.4 is 5.32 Å². The monoisotopic (exact) mass is 471 g/mol. The molecular formula is C24H29N3O5S. The fourth-order valence-electron chi connectivity index (χ4n) is 3.54. The molecule has 2 atom stereocenters. The van der Waals surface area contributed by atoms with Crippen molar-refractivity contribution < 1.29 is 22.8 Å². The van der Waals surface area contributed by atoms with E-state index in [0.29, 0.717) is 4.31 Å². The summed E-state index contributed by atoms with van der Waals surface area (Å²) in [5.74, 6) is -1.72. The van der Waals surface area contributed by atoms with Crippen molar-refractivity contribution in [2.45, 2.75) is 57.6 Å². The summed E-state index contributed by atoms with van der Waals surface area (Å²) >= 11 is 0. The molecule has 2 aromatic rings. The van der Waals surface area contributed by atoms with Gasteiger partial charge in [0.25, 0.3) is 15.9 Å². The SMILES string of the molecule is CCC(C)NC(=O)C(C)N(Cc1ccc(C)cc1)C(=O)CN1C(=O)c2ccccc2S1(=O)=O. The first-order valence-corrected chi connectivity index (χ1v) is 12.3. The van der Waals surface area contributed by atoms with Gasteiger partial charge in [-0.1, -0.05) is 48.9 Å². The quantitative estimate of drug-likeness (QED) is 0.637. The summed E-state index contributed by atoms with van der Waals surface area (Å²) in [6.45, 7) is 6.76. The Morgan fingerprint density at radius 1 is 1.06 bits per heavy atom. The lowest BCUT2D eigenvalue weighted by Gasteiger charge is -2.30. The van der Waals surface area contributed by atoms with E-state index in [4.69, 9.17) is 0 Å². The maximum absolute atomic E-state index is 13.3. The van der Waals surface area contributed by atoms with Crippen molar-refractivity contribution in [2.75, 3.05) is 6.54 Å². The zero-order valence-electron chi connectivity index (χ0n) is 19.2. The van der Waals surface area contributed by atoms with Gasteiger partial charge in [0, 0.05) is 12.6 Å². The van der Waals surface area contributed by atoms with Crippen LogP contribution in [0.15, 0.2) is 53.4 Å². The molecule has 0 fully saturated rings. The highest BCUT2D eigenvalue weighted by molar-refractivity contribution is 7.90. The van der Waals surface area contributed by atoms with Crippen LogP contribution in [0.1, 0.15) is 48.7 Å². The normalized spacial score (nSPS) is 16.1. The number of nitrogens with zero attached hydrogens (tertiary/aromatic N) is 2. The molecule has 2 unspecified atom stereocenters. The van der Waals surface area contributed by atoms with Crippen molar-refractivity contribution in [2.24, 2.45) is 0 Å². The number of carbonyl (C=O) groups excluding carboxylic acids is 3. The second-order valence-corrected chi connectivity index (χ2v) is 10.1. The lowest BCUT2D eigenvalue weighted by Crippen LogP contribution is -2.52. The number of hydrogen-bond acceptors (Lipinski definition) is 5. The molecule has 1 heterocycles. The number of aryl methyl sites for hydroxylation is 1. The number of rotatable bonds is 8. The number of sulfonamides is 1. The maximum Gasteiger partial charge on any atom is 0.269 e. The molecule has 2 aromatic carbocycles. The first-order valence-electron chi connectivity index (χ1n) is 10.9. The van der Waals surface area contributed by atoms with Crippen molar-refractivity contribution in [1.29, 1.82) is 0 Å². The standard InChI is InChI=1S/C24H29N3O5S/c1-5-17(3)25-23(29)18(4)26(14-19-12-10-16(2)11-13-19)22(28)15-27-24(30)20-8-6-7-9-21(20)33(27,31)32/h6-13,17-18H,5,14-15H2,1-4H3,(H,25,29). The fraction of sp³-hybridized carbons (Fsp3) is 0.375. The second-order valence-electron chi connectivity index (χ2n) is 8.31. The van der Waals surface area contributed by atoms with E-state index < -0.39 is 34.4 Å². The van der Waals surface area contributed by atoms with E-state index in [0.717, 1.165) is 17.5 Å². The van der Waals surface area contributed by atoms with E-state index >= 15 is 0 Å². The Kier molecular flexibility index (Phi) is 7.22. The number of hydrogen-bond donors (Lipinski definition) is 1. The molecule has 1 aliphatic rings. The summed E-state index contributed by atoms with van der Waals surface area (Å²) < 4.78 is 26.4. The molecule has 0 aliphatic carbocycles. The molecule has 9 heteroatoms. The molecule has 0 saturated heterocycles. The van der Waals surface area contributed by atoms with Crippen molar-refractivity contribution in [1.82, 2.24) is 14.5 Å². The minimum absolute atomic E-state index is 0.0398. The van der Waals surface area contributed by atoms with Crippen LogP contribution in [0.5, 0.6) is 0 Å². The van der Waals surface area contributed by atoms with Crippen molar-refractivity contribution in [3.8, 4) is 0 Å². The third kappa shape index (κ3) is 5.08. The zero-order valence-corrected chi connectivity index (χ0v) is 20.1. The maximum atomic E-state index is 13.3. The third-order valence-corrected chi connectivity index (χ3v) is 7.62. The zero-order chi connectivity index (χ0) is 24.3. The molecule has 3 rings (SSSR count). The lowest BCUT2D eigenvalue weighted by atomic mass is 10.1. The van der Waals surface area contributed by atoms with Gasteiger partial charge in [-0.2, -0.15) is 0 Å². The van der Waals surface area contributed by atoms with Crippen LogP contribution in [0.3, 0.4) is 0 Å². The van der Waals surface area contributed by atoms with Gasteiger partial charge in [-0.15, -0.1) is 0 Å². The van der Waals surface area contributed by atoms with Gasteiger partial charge in [-0.25, -0.2) is 12.7 Å². The average Bonchev–Trinajstić information content (AvgIpc) is 2.98. The van der Waals surface area contributed by atoms with Crippen molar-refractivity contribution in [3.63, 3.8) is 0 Å². The van der Waals surface area contributed by atoms with Crippen LogP contribution >= 0.6 is 0 Å². The van der Waals surface area contributed by atoms with E-state index in [-0.39, 0.29) is 29.0 Å². The molecule has 0 aromatic heterocycles. The Bertz CT molecular complexity index is 1160. The minimum atomic E-state index is -4.14. The van der Waals surface area contributed by atoms with Gasteiger partial charge in [0.2, 0.25) is 11.8 Å². The number of amides is 3. The van der Waals surface area contributed by atoms with Crippen LogP contribution in [0.4, 0.5) is 0 Å². The number of fused-ring (bicyclic) bond motifs is 1. The summed E-state index contributed by atoms with van der Waals surface area (Å²) in [6, 6.07) is 12.4. The number of carbonyl (C=O) groups is 3. The van der Waals surface area contributed by atoms with E-state index in [9.17, 15) is 22.8 Å². The molecule has 1 aliphatic heterocycles. The molecule has 8 nitrogen and oxygen atoms in total. The number of nitrogens with one attached hydrogen (secondary N) is 1. The van der Waals surface area contributed by atoms with Gasteiger partial charge in [-0.3, -0.25) is 14.4 Å². The van der Waals surface area contributed by atoms with Crippen LogP contribution in [-0.2, 0) is 26.2 Å². The molecule has 1 N–H and O–H groups in total. The lowest BCUT2D eigenvalue weighted by molar-refractivity contribution is -0.140. The minimum Gasteiger partial charge on any atom is -0.352 e. The van der Waals surface area contributed by atoms with E-state index in [1.54, 1.807) is 13.0 Å². The predicted molar refractivity (Wildman–Crippen MR) is 124 cm³/mol. The van der Waals surface area contributed by atoms with Gasteiger partial charge in [-0.05, 0) is 44.9 Å². The highest BCUT2D eigenvalue weighted by atomic mass is 32.2. The van der Waals surface area contributed by atoms with Gasteiger partial charge in [0.1, 0.15) is 17.5 Å². The Morgan fingerprint density at radius 2 is 1.70 bits per heavy atom. The first kappa shape index (κ1) is 24.4. The average molecular weight is 472 g/mol. The van der Waals surface area contributed by atoms with Gasteiger partial charge >= 0.3 is 0 Å². The molecule has 176 valence electrons. The molecule has 0 spiro atoms. The summed E-state index contributed by atoms with van der Waals surface area (Å²) in [4.78, 5) is 40.1. The topological polar surface area (TPSA) is 104 Å². The predicted octanol–water partition coefficient (Wildman–Crippen LogP) is 2.47. The van der Waals surface area contributed by atoms with Gasteiger partial charge < -0.3 is 10.2 Å². The summed E-state index contributed by atoms with van der Waals surface area (Å²) in [5.41, 5.74) is 1.87. The third-order valence-electron chi connectivity index (χ3n) is 5.83. The molecular weight excluding hydrogens is 442 g/mol. The second kappa shape index (κ2) is 9.74. The van der Waals surface area contributed by atoms with Crippen molar-refractivity contribution in [3.05, 3.63) is 65.2 Å². The van der Waals surface area contributed by atoms with Crippen LogP contribution in [-0.4, -0.2) is 54.0 Å². The fourth-order valence-corrected chi connectivity index (χ4v) is 5.06. The molecule has 0 radical (unpaired) electrons.